The number of hydrogen-bond acceptors (Lipinski definition) is 3. The Morgan fingerprint density at radius 2 is 1.16 bits per heavy atom. The molecule has 0 aromatic heterocycles. The van der Waals surface area contributed by atoms with Gasteiger partial charge in [-0.2, -0.15) is 0 Å². The van der Waals surface area contributed by atoms with Gasteiger partial charge in [0.2, 0.25) is 0 Å². The minimum absolute atomic E-state index is 0.102. The molecule has 5 aromatic rings. The molecule has 0 spiro atoms. The van der Waals surface area contributed by atoms with Gasteiger partial charge in [-0.3, -0.25) is 9.59 Å². The van der Waals surface area contributed by atoms with Crippen LogP contribution < -0.4 is 10.6 Å². The number of phenolic OH excluding ortho intramolecular Hbond substituents is 1. The predicted molar refractivity (Wildman–Crippen MR) is 179 cm³/mol. The number of phenols is 1. The first-order chi connectivity index (χ1) is 21.0. The Bertz CT molecular complexity index is 1730. The van der Waals surface area contributed by atoms with Crippen LogP contribution in [0, 0.1) is 0 Å². The van der Waals surface area contributed by atoms with Crippen molar-refractivity contribution in [1.82, 2.24) is 5.32 Å². The van der Waals surface area contributed by atoms with Crippen molar-refractivity contribution in [3.05, 3.63) is 96.1 Å². The van der Waals surface area contributed by atoms with Crippen LogP contribution in [0.25, 0.3) is 32.3 Å². The van der Waals surface area contributed by atoms with E-state index in [1.165, 1.54) is 56.8 Å². The van der Waals surface area contributed by atoms with Crippen LogP contribution in [0.5, 0.6) is 5.75 Å². The van der Waals surface area contributed by atoms with Gasteiger partial charge in [0.1, 0.15) is 5.75 Å². The molecule has 0 radical (unpaired) electrons. The van der Waals surface area contributed by atoms with Crippen molar-refractivity contribution < 1.29 is 14.7 Å². The molecule has 222 valence electrons. The number of rotatable bonds is 14. The minimum atomic E-state index is -0.407. The van der Waals surface area contributed by atoms with Gasteiger partial charge in [-0.25, -0.2) is 0 Å². The van der Waals surface area contributed by atoms with Gasteiger partial charge in [0.05, 0.1) is 5.56 Å². The van der Waals surface area contributed by atoms with Crippen LogP contribution >= 0.6 is 0 Å². The third-order valence-electron chi connectivity index (χ3n) is 8.24. The fourth-order valence-electron chi connectivity index (χ4n) is 5.74. The van der Waals surface area contributed by atoms with Crippen LogP contribution in [0.3, 0.4) is 0 Å². The highest BCUT2D eigenvalue weighted by Gasteiger charge is 2.15. The molecule has 0 bridgehead atoms. The second-order valence-corrected chi connectivity index (χ2v) is 11.6. The number of anilines is 1. The number of carbonyl (C=O) groups is 2. The average molecular weight is 575 g/mol. The Morgan fingerprint density at radius 1 is 0.581 bits per heavy atom. The van der Waals surface area contributed by atoms with Crippen molar-refractivity contribution >= 4 is 49.8 Å². The summed E-state index contributed by atoms with van der Waals surface area (Å²) in [4.78, 5) is 26.0. The molecule has 0 aliphatic heterocycles. The molecule has 5 aromatic carbocycles. The third-order valence-corrected chi connectivity index (χ3v) is 8.24. The Kier molecular flexibility index (Phi) is 10.3. The van der Waals surface area contributed by atoms with Crippen molar-refractivity contribution in [2.24, 2.45) is 0 Å². The van der Waals surface area contributed by atoms with E-state index in [9.17, 15) is 14.7 Å². The van der Waals surface area contributed by atoms with E-state index in [4.69, 9.17) is 0 Å². The van der Waals surface area contributed by atoms with E-state index in [1.807, 2.05) is 30.3 Å². The van der Waals surface area contributed by atoms with Gasteiger partial charge in [0, 0.05) is 17.8 Å². The maximum absolute atomic E-state index is 13.2. The number of nitrogens with one attached hydrogen (secondary N) is 2. The summed E-state index contributed by atoms with van der Waals surface area (Å²) in [5.41, 5.74) is 1.35. The summed E-state index contributed by atoms with van der Waals surface area (Å²) in [5.74, 6) is -0.633. The summed E-state index contributed by atoms with van der Waals surface area (Å²) in [6, 6.07) is 26.8. The number of aromatic hydroxyl groups is 1. The SMILES string of the molecule is CCCCCCCCCCCCNC(=O)c1ccc2cc(O)c(C(=O)Nc3ccc4cc5ccccc5cc4c3)cc2c1. The van der Waals surface area contributed by atoms with Gasteiger partial charge in [-0.05, 0) is 87.3 Å². The predicted octanol–water partition coefficient (Wildman–Crippen LogP) is 9.75. The van der Waals surface area contributed by atoms with Crippen molar-refractivity contribution in [1.29, 1.82) is 0 Å². The molecule has 0 heterocycles. The highest BCUT2D eigenvalue weighted by atomic mass is 16.3. The maximum atomic E-state index is 13.2. The molecular weight excluding hydrogens is 532 g/mol. The summed E-state index contributed by atoms with van der Waals surface area (Å²) in [6.07, 6.45) is 12.6. The number of hydrogen-bond donors (Lipinski definition) is 3. The highest BCUT2D eigenvalue weighted by Crippen LogP contribution is 2.29. The van der Waals surface area contributed by atoms with E-state index in [0.29, 0.717) is 17.8 Å². The Hall–Kier alpha value is -4.38. The molecule has 5 nitrogen and oxygen atoms in total. The quantitative estimate of drug-likeness (QED) is 0.0912. The number of carbonyl (C=O) groups excluding carboxylic acids is 2. The van der Waals surface area contributed by atoms with Crippen LogP contribution in [0.15, 0.2) is 84.9 Å². The van der Waals surface area contributed by atoms with Crippen molar-refractivity contribution in [3.63, 3.8) is 0 Å². The molecule has 5 heteroatoms. The molecule has 0 aliphatic carbocycles. The van der Waals surface area contributed by atoms with Gasteiger partial charge in [0.25, 0.3) is 11.8 Å². The van der Waals surface area contributed by atoms with Gasteiger partial charge < -0.3 is 15.7 Å². The Morgan fingerprint density at radius 3 is 1.88 bits per heavy atom. The summed E-state index contributed by atoms with van der Waals surface area (Å²) in [6.45, 7) is 2.90. The standard InChI is InChI=1S/C38H42N2O3/c1-2-3-4-5-6-7-8-9-10-13-20-39-37(42)31-17-16-30-26-36(41)35(25-33(30)23-31)38(43)40-34-19-18-29-21-27-14-11-12-15-28(27)22-32(29)24-34/h11-12,14-19,21-26,41H,2-10,13,20H2,1H3,(H,39,42)(H,40,43). The number of benzene rings is 5. The van der Waals surface area contributed by atoms with Crippen molar-refractivity contribution in [3.8, 4) is 5.75 Å². The van der Waals surface area contributed by atoms with E-state index < -0.39 is 5.91 Å². The van der Waals surface area contributed by atoms with E-state index >= 15 is 0 Å². The zero-order valence-corrected chi connectivity index (χ0v) is 25.1. The molecule has 0 unspecified atom stereocenters. The lowest BCUT2D eigenvalue weighted by Gasteiger charge is -2.11. The third kappa shape index (κ3) is 7.92. The van der Waals surface area contributed by atoms with Crippen LogP contribution in [-0.4, -0.2) is 23.5 Å². The topological polar surface area (TPSA) is 78.4 Å². The van der Waals surface area contributed by atoms with Crippen LogP contribution in [-0.2, 0) is 0 Å². The average Bonchev–Trinajstić information content (AvgIpc) is 3.02. The van der Waals surface area contributed by atoms with Crippen LogP contribution in [0.1, 0.15) is 91.8 Å². The summed E-state index contributed by atoms with van der Waals surface area (Å²) in [5, 5.41) is 22.5. The molecule has 5 rings (SSSR count). The molecule has 0 saturated carbocycles. The first kappa shape index (κ1) is 30.1. The highest BCUT2D eigenvalue weighted by molar-refractivity contribution is 6.10. The monoisotopic (exact) mass is 574 g/mol. The lowest BCUT2D eigenvalue weighted by Crippen LogP contribution is -2.24. The summed E-state index contributed by atoms with van der Waals surface area (Å²) >= 11 is 0. The normalized spacial score (nSPS) is 11.3. The number of fused-ring (bicyclic) bond motifs is 3. The molecule has 43 heavy (non-hydrogen) atoms. The molecule has 2 amide bonds. The molecule has 0 fully saturated rings. The van der Waals surface area contributed by atoms with E-state index in [1.54, 1.807) is 30.3 Å². The number of amides is 2. The zero-order valence-electron chi connectivity index (χ0n) is 25.1. The van der Waals surface area contributed by atoms with Crippen molar-refractivity contribution in [2.45, 2.75) is 71.1 Å². The summed E-state index contributed by atoms with van der Waals surface area (Å²) < 4.78 is 0. The van der Waals surface area contributed by atoms with Crippen LogP contribution in [0.4, 0.5) is 5.69 Å². The number of unbranched alkanes of at least 4 members (excludes halogenated alkanes) is 9. The van der Waals surface area contributed by atoms with Gasteiger partial charge in [0.15, 0.2) is 0 Å². The van der Waals surface area contributed by atoms with Crippen molar-refractivity contribution in [2.75, 3.05) is 11.9 Å². The van der Waals surface area contributed by atoms with E-state index in [0.717, 1.165) is 39.8 Å². The second kappa shape index (κ2) is 14.7. The minimum Gasteiger partial charge on any atom is -0.507 e. The Labute approximate surface area is 254 Å². The second-order valence-electron chi connectivity index (χ2n) is 11.6. The fraction of sp³-hybridized carbons (Fsp3) is 0.316. The maximum Gasteiger partial charge on any atom is 0.259 e. The first-order valence-corrected chi connectivity index (χ1v) is 15.8. The lowest BCUT2D eigenvalue weighted by atomic mass is 10.0. The summed E-state index contributed by atoms with van der Waals surface area (Å²) in [7, 11) is 0. The van der Waals surface area contributed by atoms with Gasteiger partial charge in [-0.1, -0.05) is 101 Å². The smallest absolute Gasteiger partial charge is 0.259 e. The fourth-order valence-corrected chi connectivity index (χ4v) is 5.74. The van der Waals surface area contributed by atoms with Gasteiger partial charge in [-0.15, -0.1) is 0 Å². The molecule has 0 saturated heterocycles. The first-order valence-electron chi connectivity index (χ1n) is 15.8. The molecule has 0 aliphatic rings. The largest absolute Gasteiger partial charge is 0.507 e. The lowest BCUT2D eigenvalue weighted by molar-refractivity contribution is 0.0952. The van der Waals surface area contributed by atoms with Crippen LogP contribution in [0.2, 0.25) is 0 Å². The molecule has 3 N–H and O–H groups in total. The zero-order chi connectivity index (χ0) is 30.0. The molecular formula is C38H42N2O3. The van der Waals surface area contributed by atoms with Gasteiger partial charge >= 0.3 is 0 Å². The Balaban J connectivity index is 1.17. The molecule has 0 atom stereocenters. The van der Waals surface area contributed by atoms with E-state index in [-0.39, 0.29) is 17.2 Å². The van der Waals surface area contributed by atoms with E-state index in [2.05, 4.69) is 41.8 Å².